The number of hydrogen-bond donors (Lipinski definition) is 1. The van der Waals surface area contributed by atoms with Gasteiger partial charge in [-0.3, -0.25) is 9.69 Å². The van der Waals surface area contributed by atoms with Crippen molar-refractivity contribution in [2.45, 2.75) is 51.6 Å². The number of aryl methyl sites for hydroxylation is 1. The third-order valence-corrected chi connectivity index (χ3v) is 4.25. The molecule has 1 N–H and O–H groups in total. The summed E-state index contributed by atoms with van der Waals surface area (Å²) in [7, 11) is 2.03. The Balaban J connectivity index is 2.08. The molecular formula is C15H23NO3. The maximum absolute atomic E-state index is 11.4. The van der Waals surface area contributed by atoms with E-state index < -0.39 is 5.97 Å². The van der Waals surface area contributed by atoms with Gasteiger partial charge >= 0.3 is 5.97 Å². The third kappa shape index (κ3) is 3.38. The van der Waals surface area contributed by atoms with Crippen LogP contribution < -0.4 is 0 Å². The van der Waals surface area contributed by atoms with Gasteiger partial charge in [0.2, 0.25) is 0 Å². The van der Waals surface area contributed by atoms with E-state index in [1.54, 1.807) is 6.26 Å². The first-order valence-electron chi connectivity index (χ1n) is 7.05. The Labute approximate surface area is 114 Å². The van der Waals surface area contributed by atoms with Gasteiger partial charge in [-0.1, -0.05) is 19.3 Å². The molecule has 0 bridgehead atoms. The molecule has 0 radical (unpaired) electrons. The molecule has 0 amide bonds. The maximum atomic E-state index is 11.4. The topological polar surface area (TPSA) is 53.7 Å². The number of nitrogens with zero attached hydrogens (tertiary/aromatic N) is 1. The van der Waals surface area contributed by atoms with E-state index in [0.717, 1.165) is 50.0 Å². The van der Waals surface area contributed by atoms with Gasteiger partial charge < -0.3 is 9.52 Å². The molecule has 1 saturated carbocycles. The van der Waals surface area contributed by atoms with Crippen LogP contribution in [0.5, 0.6) is 0 Å². The summed E-state index contributed by atoms with van der Waals surface area (Å²) < 4.78 is 5.31. The van der Waals surface area contributed by atoms with Crippen LogP contribution in [0.15, 0.2) is 16.7 Å². The zero-order chi connectivity index (χ0) is 13.8. The molecule has 1 heterocycles. The molecule has 19 heavy (non-hydrogen) atoms. The summed E-state index contributed by atoms with van der Waals surface area (Å²) in [4.78, 5) is 13.6. The van der Waals surface area contributed by atoms with Gasteiger partial charge in [-0.05, 0) is 32.9 Å². The molecule has 1 aliphatic carbocycles. The molecule has 0 spiro atoms. The maximum Gasteiger partial charge on any atom is 0.308 e. The Morgan fingerprint density at radius 2 is 2.16 bits per heavy atom. The molecule has 4 nitrogen and oxygen atoms in total. The van der Waals surface area contributed by atoms with Gasteiger partial charge in [-0.15, -0.1) is 0 Å². The van der Waals surface area contributed by atoms with E-state index in [0.29, 0.717) is 0 Å². The Hall–Kier alpha value is -1.29. The number of rotatable bonds is 4. The smallest absolute Gasteiger partial charge is 0.308 e. The van der Waals surface area contributed by atoms with E-state index in [1.807, 2.05) is 20.0 Å². The monoisotopic (exact) mass is 265 g/mol. The molecule has 4 heteroatoms. The van der Waals surface area contributed by atoms with Crippen LogP contribution in [0.25, 0.3) is 0 Å². The Bertz CT molecular complexity index is 427. The van der Waals surface area contributed by atoms with Gasteiger partial charge in [-0.2, -0.15) is 0 Å². The second kappa shape index (κ2) is 6.24. The standard InChI is InChI=1S/C15H23NO3/c1-11-12(8-9-19-11)10-16(2)14-7-5-3-4-6-13(14)15(17)18/h8-9,13-14H,3-7,10H2,1-2H3,(H,17,18). The quantitative estimate of drug-likeness (QED) is 0.850. The largest absolute Gasteiger partial charge is 0.481 e. The van der Waals surface area contributed by atoms with Crippen molar-refractivity contribution in [3.05, 3.63) is 23.7 Å². The molecule has 0 aliphatic heterocycles. The van der Waals surface area contributed by atoms with Crippen LogP contribution in [-0.4, -0.2) is 29.1 Å². The molecule has 1 fully saturated rings. The van der Waals surface area contributed by atoms with Gasteiger partial charge in [0.1, 0.15) is 5.76 Å². The average Bonchev–Trinajstić information content (AvgIpc) is 2.66. The fraction of sp³-hybridized carbons (Fsp3) is 0.667. The third-order valence-electron chi connectivity index (χ3n) is 4.25. The predicted octanol–water partition coefficient (Wildman–Crippen LogP) is 3.05. The van der Waals surface area contributed by atoms with E-state index in [9.17, 15) is 9.90 Å². The molecule has 106 valence electrons. The predicted molar refractivity (Wildman–Crippen MR) is 72.9 cm³/mol. The molecule has 0 aromatic carbocycles. The lowest BCUT2D eigenvalue weighted by molar-refractivity contribution is -0.144. The van der Waals surface area contributed by atoms with Crippen molar-refractivity contribution < 1.29 is 14.3 Å². The highest BCUT2D eigenvalue weighted by atomic mass is 16.4. The van der Waals surface area contributed by atoms with E-state index in [2.05, 4.69) is 4.90 Å². The number of furan rings is 1. The van der Waals surface area contributed by atoms with Crippen molar-refractivity contribution in [3.8, 4) is 0 Å². The second-order valence-electron chi connectivity index (χ2n) is 5.57. The number of aliphatic carboxylic acids is 1. The van der Waals surface area contributed by atoms with E-state index >= 15 is 0 Å². The zero-order valence-electron chi connectivity index (χ0n) is 11.8. The number of carboxylic acid groups (broad SMARTS) is 1. The molecule has 2 rings (SSSR count). The summed E-state index contributed by atoms with van der Waals surface area (Å²) in [6.45, 7) is 2.71. The van der Waals surface area contributed by atoms with Crippen molar-refractivity contribution in [2.24, 2.45) is 5.92 Å². The molecule has 1 aliphatic rings. The molecule has 1 aromatic heterocycles. The van der Waals surface area contributed by atoms with E-state index in [4.69, 9.17) is 4.42 Å². The first-order valence-corrected chi connectivity index (χ1v) is 7.05. The number of carboxylic acids is 1. The Morgan fingerprint density at radius 3 is 2.79 bits per heavy atom. The van der Waals surface area contributed by atoms with Crippen LogP contribution in [0.1, 0.15) is 43.4 Å². The highest BCUT2D eigenvalue weighted by Crippen LogP contribution is 2.28. The van der Waals surface area contributed by atoms with Crippen LogP contribution in [0, 0.1) is 12.8 Å². The minimum absolute atomic E-state index is 0.134. The summed E-state index contributed by atoms with van der Waals surface area (Å²) in [5.41, 5.74) is 1.15. The van der Waals surface area contributed by atoms with Gasteiger partial charge in [0, 0.05) is 18.2 Å². The van der Waals surface area contributed by atoms with Gasteiger partial charge in [0.25, 0.3) is 0 Å². The normalized spacial score (nSPS) is 24.4. The van der Waals surface area contributed by atoms with Crippen molar-refractivity contribution in [1.29, 1.82) is 0 Å². The number of hydrogen-bond acceptors (Lipinski definition) is 3. The molecule has 2 unspecified atom stereocenters. The van der Waals surface area contributed by atoms with Crippen LogP contribution in [-0.2, 0) is 11.3 Å². The van der Waals surface area contributed by atoms with Gasteiger partial charge in [0.15, 0.2) is 0 Å². The lowest BCUT2D eigenvalue weighted by atomic mass is 9.93. The molecule has 2 atom stereocenters. The average molecular weight is 265 g/mol. The molecule has 0 saturated heterocycles. The van der Waals surface area contributed by atoms with Crippen LogP contribution in [0.3, 0.4) is 0 Å². The van der Waals surface area contributed by atoms with Crippen LogP contribution in [0.2, 0.25) is 0 Å². The highest BCUT2D eigenvalue weighted by molar-refractivity contribution is 5.70. The summed E-state index contributed by atoms with van der Waals surface area (Å²) in [6, 6.07) is 2.10. The second-order valence-corrected chi connectivity index (χ2v) is 5.57. The van der Waals surface area contributed by atoms with Crippen molar-refractivity contribution in [3.63, 3.8) is 0 Å². The summed E-state index contributed by atoms with van der Waals surface area (Å²) in [6.07, 6.45) is 6.79. The van der Waals surface area contributed by atoms with Crippen molar-refractivity contribution in [2.75, 3.05) is 7.05 Å². The highest BCUT2D eigenvalue weighted by Gasteiger charge is 2.32. The first-order chi connectivity index (χ1) is 9.09. The minimum atomic E-state index is -0.650. The zero-order valence-corrected chi connectivity index (χ0v) is 11.8. The minimum Gasteiger partial charge on any atom is -0.481 e. The summed E-state index contributed by atoms with van der Waals surface area (Å²) >= 11 is 0. The van der Waals surface area contributed by atoms with Crippen molar-refractivity contribution >= 4 is 5.97 Å². The lowest BCUT2D eigenvalue weighted by Gasteiger charge is -2.31. The fourth-order valence-corrected chi connectivity index (χ4v) is 3.06. The van der Waals surface area contributed by atoms with Crippen molar-refractivity contribution in [1.82, 2.24) is 4.90 Å². The fourth-order valence-electron chi connectivity index (χ4n) is 3.06. The molecule has 1 aromatic rings. The molecular weight excluding hydrogens is 242 g/mol. The Morgan fingerprint density at radius 1 is 1.42 bits per heavy atom. The SMILES string of the molecule is Cc1occc1CN(C)C1CCCCCC1C(=O)O. The van der Waals surface area contributed by atoms with Gasteiger partial charge in [-0.25, -0.2) is 0 Å². The van der Waals surface area contributed by atoms with E-state index in [-0.39, 0.29) is 12.0 Å². The van der Waals surface area contributed by atoms with E-state index in [1.165, 1.54) is 0 Å². The number of carbonyl (C=O) groups is 1. The summed E-state index contributed by atoms with van der Waals surface area (Å²) in [5.74, 6) is 0.0368. The van der Waals surface area contributed by atoms with Gasteiger partial charge in [0.05, 0.1) is 12.2 Å². The first kappa shape index (κ1) is 14.1. The van der Waals surface area contributed by atoms with Crippen LogP contribution in [0.4, 0.5) is 0 Å². The Kier molecular flexibility index (Phi) is 4.64. The lowest BCUT2D eigenvalue weighted by Crippen LogP contribution is -2.40. The van der Waals surface area contributed by atoms with Crippen LogP contribution >= 0.6 is 0 Å². The summed E-state index contributed by atoms with van der Waals surface area (Å²) in [5, 5.41) is 9.42.